The van der Waals surface area contributed by atoms with Crippen LogP contribution in [0.2, 0.25) is 0 Å². The Kier molecular flexibility index (Phi) is 7.90. The van der Waals surface area contributed by atoms with E-state index < -0.39 is 26.3 Å². The summed E-state index contributed by atoms with van der Waals surface area (Å²) in [7, 11) is -7.22. The van der Waals surface area contributed by atoms with E-state index in [0.717, 1.165) is 31.8 Å². The summed E-state index contributed by atoms with van der Waals surface area (Å²) in [4.78, 5) is 12.2. The van der Waals surface area contributed by atoms with Crippen molar-refractivity contribution in [3.63, 3.8) is 0 Å². The van der Waals surface area contributed by atoms with Crippen LogP contribution >= 0.6 is 0 Å². The van der Waals surface area contributed by atoms with Gasteiger partial charge in [-0.3, -0.25) is 8.37 Å². The molecule has 1 fully saturated rings. The predicted octanol–water partition coefficient (Wildman–Crippen LogP) is 0.725. The van der Waals surface area contributed by atoms with Crippen LogP contribution in [0.5, 0.6) is 0 Å². The number of rotatable bonds is 9. The van der Waals surface area contributed by atoms with Gasteiger partial charge in [0, 0.05) is 19.0 Å². The molecule has 0 radical (unpaired) electrons. The van der Waals surface area contributed by atoms with Crippen molar-refractivity contribution in [1.82, 2.24) is 4.90 Å². The van der Waals surface area contributed by atoms with Gasteiger partial charge in [-0.2, -0.15) is 16.8 Å². The maximum Gasteiger partial charge on any atom is 0.407 e. The molecule has 1 saturated heterocycles. The van der Waals surface area contributed by atoms with Gasteiger partial charge in [0.05, 0.1) is 25.7 Å². The van der Waals surface area contributed by atoms with E-state index in [-0.39, 0.29) is 19.1 Å². The Morgan fingerprint density at radius 3 is 1.92 bits per heavy atom. The van der Waals surface area contributed by atoms with Gasteiger partial charge in [0.1, 0.15) is 0 Å². The molecule has 142 valence electrons. The van der Waals surface area contributed by atoms with Gasteiger partial charge in [-0.15, -0.1) is 0 Å². The number of hydrogen-bond donors (Lipinski definition) is 1. The highest BCUT2D eigenvalue weighted by Crippen LogP contribution is 2.24. The third-order valence-electron chi connectivity index (χ3n) is 3.90. The van der Waals surface area contributed by atoms with E-state index in [9.17, 15) is 21.6 Å². The molecular weight excluding hydrogens is 362 g/mol. The zero-order chi connectivity index (χ0) is 18.4. The smallest absolute Gasteiger partial charge is 0.407 e. The highest BCUT2D eigenvalue weighted by molar-refractivity contribution is 7.86. The lowest BCUT2D eigenvalue weighted by Crippen LogP contribution is -2.37. The molecule has 1 N–H and O–H groups in total. The molecule has 0 spiro atoms. The van der Waals surface area contributed by atoms with Crippen molar-refractivity contribution in [2.24, 2.45) is 11.8 Å². The van der Waals surface area contributed by atoms with E-state index in [1.807, 2.05) is 0 Å². The maximum absolute atomic E-state index is 11.1. The van der Waals surface area contributed by atoms with E-state index >= 15 is 0 Å². The summed E-state index contributed by atoms with van der Waals surface area (Å²) in [5, 5.41) is 8.91. The average molecular weight is 387 g/mol. The molecule has 0 bridgehead atoms. The van der Waals surface area contributed by atoms with Gasteiger partial charge in [0.25, 0.3) is 20.2 Å². The third-order valence-corrected chi connectivity index (χ3v) is 5.03. The molecule has 0 aromatic rings. The maximum atomic E-state index is 11.1. The lowest BCUT2D eigenvalue weighted by atomic mass is 9.89. The number of carboxylic acid groups (broad SMARTS) is 1. The van der Waals surface area contributed by atoms with Gasteiger partial charge in [-0.05, 0) is 31.6 Å². The fraction of sp³-hybridized carbons (Fsp3) is 0.923. The second-order valence-corrected chi connectivity index (χ2v) is 9.42. The van der Waals surface area contributed by atoms with Gasteiger partial charge in [0.15, 0.2) is 0 Å². The Labute approximate surface area is 143 Å². The number of nitrogens with zero attached hydrogens (tertiary/aromatic N) is 1. The molecule has 0 aliphatic carbocycles. The SMILES string of the molecule is CS(=O)(=O)OCC(CCC1CCN(C(=O)O)CC1)COS(C)(=O)=O. The summed E-state index contributed by atoms with van der Waals surface area (Å²) in [6.45, 7) is 0.680. The Morgan fingerprint density at radius 1 is 1.08 bits per heavy atom. The summed E-state index contributed by atoms with van der Waals surface area (Å²) in [5.74, 6) is -0.0495. The lowest BCUT2D eigenvalue weighted by molar-refractivity contribution is 0.118. The van der Waals surface area contributed by atoms with Crippen molar-refractivity contribution in [2.75, 3.05) is 38.8 Å². The minimum atomic E-state index is -3.61. The van der Waals surface area contributed by atoms with E-state index in [4.69, 9.17) is 13.5 Å². The molecule has 1 aliphatic rings. The first-order chi connectivity index (χ1) is 11.0. The molecule has 0 unspecified atom stereocenters. The molecular formula is C13H25NO8S2. The molecule has 0 aromatic heterocycles. The van der Waals surface area contributed by atoms with Crippen LogP contribution in [0.25, 0.3) is 0 Å². The summed E-state index contributed by atoms with van der Waals surface area (Å²) >= 11 is 0. The summed E-state index contributed by atoms with van der Waals surface area (Å²) in [6.07, 6.45) is 3.69. The minimum Gasteiger partial charge on any atom is -0.465 e. The third kappa shape index (κ3) is 9.40. The number of hydrogen-bond acceptors (Lipinski definition) is 7. The lowest BCUT2D eigenvalue weighted by Gasteiger charge is -2.30. The fourth-order valence-corrected chi connectivity index (χ4v) is 3.42. The second-order valence-electron chi connectivity index (χ2n) is 6.13. The predicted molar refractivity (Wildman–Crippen MR) is 86.6 cm³/mol. The van der Waals surface area contributed by atoms with Gasteiger partial charge in [0.2, 0.25) is 0 Å². The first kappa shape index (κ1) is 21.1. The summed E-state index contributed by atoms with van der Waals surface area (Å²) < 4.78 is 53.9. The van der Waals surface area contributed by atoms with Crippen LogP contribution in [0.1, 0.15) is 25.7 Å². The Balaban J connectivity index is 2.47. The van der Waals surface area contributed by atoms with Crippen molar-refractivity contribution in [1.29, 1.82) is 0 Å². The quantitative estimate of drug-likeness (QED) is 0.573. The van der Waals surface area contributed by atoms with E-state index in [1.165, 1.54) is 4.90 Å². The molecule has 1 aliphatic heterocycles. The minimum absolute atomic E-state index is 0.137. The molecule has 0 saturated carbocycles. The molecule has 1 amide bonds. The van der Waals surface area contributed by atoms with Crippen LogP contribution in [-0.2, 0) is 28.6 Å². The van der Waals surface area contributed by atoms with Crippen LogP contribution in [-0.4, -0.2) is 71.8 Å². The van der Waals surface area contributed by atoms with Crippen LogP contribution in [0.3, 0.4) is 0 Å². The highest BCUT2D eigenvalue weighted by atomic mass is 32.2. The topological polar surface area (TPSA) is 127 Å². The largest absolute Gasteiger partial charge is 0.465 e. The molecule has 0 atom stereocenters. The van der Waals surface area contributed by atoms with Crippen molar-refractivity contribution in [3.05, 3.63) is 0 Å². The molecule has 24 heavy (non-hydrogen) atoms. The summed E-state index contributed by atoms with van der Waals surface area (Å²) in [5.41, 5.74) is 0. The molecule has 1 rings (SSSR count). The molecule has 0 aromatic carbocycles. The Hall–Kier alpha value is -0.910. The van der Waals surface area contributed by atoms with Gasteiger partial charge >= 0.3 is 6.09 Å². The molecule has 11 heteroatoms. The van der Waals surface area contributed by atoms with Crippen LogP contribution < -0.4 is 0 Å². The average Bonchev–Trinajstić information content (AvgIpc) is 2.44. The van der Waals surface area contributed by atoms with Crippen LogP contribution in [0.15, 0.2) is 0 Å². The molecule has 1 heterocycles. The second kappa shape index (κ2) is 8.97. The fourth-order valence-electron chi connectivity index (χ4n) is 2.54. The number of piperidine rings is 1. The highest BCUT2D eigenvalue weighted by Gasteiger charge is 2.24. The van der Waals surface area contributed by atoms with Crippen molar-refractivity contribution in [3.8, 4) is 0 Å². The first-order valence-electron chi connectivity index (χ1n) is 7.63. The molecule has 9 nitrogen and oxygen atoms in total. The van der Waals surface area contributed by atoms with Gasteiger partial charge < -0.3 is 10.0 Å². The Bertz CT molecular complexity index is 572. The van der Waals surface area contributed by atoms with Crippen molar-refractivity contribution < 1.29 is 35.1 Å². The Morgan fingerprint density at radius 2 is 1.54 bits per heavy atom. The first-order valence-corrected chi connectivity index (χ1v) is 11.3. The van der Waals surface area contributed by atoms with Crippen molar-refractivity contribution >= 4 is 26.3 Å². The number of likely N-dealkylation sites (tertiary alicyclic amines) is 1. The zero-order valence-electron chi connectivity index (χ0n) is 13.9. The van der Waals surface area contributed by atoms with Gasteiger partial charge in [-0.25, -0.2) is 4.79 Å². The van der Waals surface area contributed by atoms with E-state index in [2.05, 4.69) is 0 Å². The monoisotopic (exact) mass is 387 g/mol. The zero-order valence-corrected chi connectivity index (χ0v) is 15.5. The van der Waals surface area contributed by atoms with E-state index in [1.54, 1.807) is 0 Å². The standard InChI is InChI=1S/C13H25NO8S2/c1-23(17,18)21-9-12(10-22-24(2,19)20)4-3-11-5-7-14(8-6-11)13(15)16/h11-12H,3-10H2,1-2H3,(H,15,16). The number of carbonyl (C=O) groups is 1. The van der Waals surface area contributed by atoms with Crippen LogP contribution in [0, 0.1) is 11.8 Å². The van der Waals surface area contributed by atoms with E-state index in [0.29, 0.717) is 25.4 Å². The number of amides is 1. The van der Waals surface area contributed by atoms with Crippen molar-refractivity contribution in [2.45, 2.75) is 25.7 Å². The van der Waals surface area contributed by atoms with Crippen LogP contribution in [0.4, 0.5) is 4.79 Å². The summed E-state index contributed by atoms with van der Waals surface area (Å²) in [6, 6.07) is 0. The van der Waals surface area contributed by atoms with Gasteiger partial charge in [-0.1, -0.05) is 0 Å². The normalized spacial score (nSPS) is 17.4.